The summed E-state index contributed by atoms with van der Waals surface area (Å²) in [6.07, 6.45) is 4.04. The third kappa shape index (κ3) is 6.51. The van der Waals surface area contributed by atoms with E-state index in [9.17, 15) is 4.39 Å². The number of aliphatic imine (C=N–C) groups is 1. The smallest absolute Gasteiger partial charge is 0.191 e. The van der Waals surface area contributed by atoms with Gasteiger partial charge in [-0.1, -0.05) is 12.1 Å². The number of nitrogens with zero attached hydrogens (tertiary/aromatic N) is 5. The van der Waals surface area contributed by atoms with Gasteiger partial charge in [-0.05, 0) is 31.0 Å². The molecule has 0 atom stereocenters. The van der Waals surface area contributed by atoms with Gasteiger partial charge in [0.1, 0.15) is 18.0 Å². The summed E-state index contributed by atoms with van der Waals surface area (Å²) in [5, 5.41) is 14.9. The Morgan fingerprint density at radius 2 is 1.93 bits per heavy atom. The largest absolute Gasteiger partial charge is 0.368 e. The van der Waals surface area contributed by atoms with E-state index in [-0.39, 0.29) is 29.8 Å². The Balaban J connectivity index is 0.00000300. The number of guanidine groups is 1. The molecule has 0 unspecified atom stereocenters. The number of hydrogen-bond acceptors (Lipinski definition) is 5. The fourth-order valence-corrected chi connectivity index (χ4v) is 2.75. The first kappa shape index (κ1) is 22.8. The van der Waals surface area contributed by atoms with Crippen LogP contribution < -0.4 is 16.0 Å². The van der Waals surface area contributed by atoms with Crippen molar-refractivity contribution in [2.24, 2.45) is 12.0 Å². The normalized spacial score (nSPS) is 11.2. The van der Waals surface area contributed by atoms with Gasteiger partial charge in [0.25, 0.3) is 0 Å². The van der Waals surface area contributed by atoms with Gasteiger partial charge in [0.05, 0.1) is 11.6 Å². The second-order valence-electron chi connectivity index (χ2n) is 6.22. The number of aromatic nitrogens is 4. The van der Waals surface area contributed by atoms with Gasteiger partial charge < -0.3 is 16.0 Å². The Kier molecular flexibility index (Phi) is 9.03. The summed E-state index contributed by atoms with van der Waals surface area (Å²) >= 11 is 0. The average molecular weight is 512 g/mol. The van der Waals surface area contributed by atoms with Crippen LogP contribution >= 0.6 is 24.0 Å². The Labute approximate surface area is 186 Å². The van der Waals surface area contributed by atoms with Crippen LogP contribution in [0.1, 0.15) is 12.5 Å². The molecule has 10 heteroatoms. The summed E-state index contributed by atoms with van der Waals surface area (Å²) in [6.45, 7) is 4.77. The monoisotopic (exact) mass is 512 g/mol. The fraction of sp³-hybridized carbons (Fsp3) is 0.368. The number of hydrogen-bond donors (Lipinski definition) is 3. The first-order valence-corrected chi connectivity index (χ1v) is 9.30. The third-order valence-electron chi connectivity index (χ3n) is 4.17. The van der Waals surface area contributed by atoms with Crippen molar-refractivity contribution >= 4 is 46.8 Å². The molecular weight excluding hydrogens is 486 g/mol. The molecule has 3 N–H and O–H groups in total. The molecule has 0 radical (unpaired) electrons. The number of halogens is 2. The van der Waals surface area contributed by atoms with Crippen LogP contribution in [0.4, 0.5) is 10.2 Å². The SMILES string of the molecule is CCNC(=NCCc1ccc(F)cc1)NCCNc1ncnc2c1cnn2C.I. The molecule has 1 aromatic carbocycles. The minimum atomic E-state index is -0.220. The lowest BCUT2D eigenvalue weighted by Gasteiger charge is -2.12. The van der Waals surface area contributed by atoms with Crippen LogP contribution in [-0.4, -0.2) is 51.9 Å². The summed E-state index contributed by atoms with van der Waals surface area (Å²) in [6, 6.07) is 6.52. The van der Waals surface area contributed by atoms with Crippen molar-refractivity contribution in [1.29, 1.82) is 0 Å². The predicted octanol–water partition coefficient (Wildman–Crippen LogP) is 2.33. The number of nitrogens with one attached hydrogen (secondary N) is 3. The molecule has 3 aromatic rings. The van der Waals surface area contributed by atoms with E-state index in [1.165, 1.54) is 18.5 Å². The van der Waals surface area contributed by atoms with E-state index >= 15 is 0 Å². The summed E-state index contributed by atoms with van der Waals surface area (Å²) < 4.78 is 14.7. The zero-order chi connectivity index (χ0) is 19.8. The number of benzene rings is 1. The van der Waals surface area contributed by atoms with Crippen LogP contribution in [0.2, 0.25) is 0 Å². The molecule has 0 bridgehead atoms. The quantitative estimate of drug-likeness (QED) is 0.186. The van der Waals surface area contributed by atoms with Crippen molar-refractivity contribution in [2.45, 2.75) is 13.3 Å². The van der Waals surface area contributed by atoms with Crippen LogP contribution in [-0.2, 0) is 13.5 Å². The van der Waals surface area contributed by atoms with E-state index in [4.69, 9.17) is 0 Å². The van der Waals surface area contributed by atoms with Crippen molar-refractivity contribution in [1.82, 2.24) is 30.4 Å². The highest BCUT2D eigenvalue weighted by atomic mass is 127. The van der Waals surface area contributed by atoms with Gasteiger partial charge in [-0.3, -0.25) is 9.67 Å². The van der Waals surface area contributed by atoms with Gasteiger partial charge >= 0.3 is 0 Å². The standard InChI is InChI=1S/C19H25FN8.HI/c1-3-21-19(23-9-8-14-4-6-15(20)7-5-14)24-11-10-22-17-16-12-27-28(2)18(16)26-13-25-17;/h4-7,12-13H,3,8-11H2,1-2H3,(H2,21,23,24)(H,22,25,26);1H. The molecule has 2 aromatic heterocycles. The fourth-order valence-electron chi connectivity index (χ4n) is 2.75. The second-order valence-corrected chi connectivity index (χ2v) is 6.22. The first-order valence-electron chi connectivity index (χ1n) is 9.30. The molecule has 0 fully saturated rings. The van der Waals surface area contributed by atoms with Crippen LogP contribution in [0.15, 0.2) is 41.8 Å². The van der Waals surface area contributed by atoms with Crippen molar-refractivity contribution in [3.63, 3.8) is 0 Å². The van der Waals surface area contributed by atoms with Crippen LogP contribution in [0.25, 0.3) is 11.0 Å². The zero-order valence-electron chi connectivity index (χ0n) is 16.5. The maximum atomic E-state index is 13.0. The van der Waals surface area contributed by atoms with E-state index in [1.807, 2.05) is 14.0 Å². The Bertz CT molecular complexity index is 926. The number of aryl methyl sites for hydroxylation is 1. The van der Waals surface area contributed by atoms with Gasteiger partial charge in [0, 0.05) is 33.2 Å². The maximum Gasteiger partial charge on any atom is 0.191 e. The molecule has 2 heterocycles. The molecule has 0 spiro atoms. The predicted molar refractivity (Wildman–Crippen MR) is 124 cm³/mol. The summed E-state index contributed by atoms with van der Waals surface area (Å²) in [5.74, 6) is 1.29. The lowest BCUT2D eigenvalue weighted by Crippen LogP contribution is -2.39. The molecule has 3 rings (SSSR count). The van der Waals surface area contributed by atoms with Gasteiger partial charge in [0.2, 0.25) is 0 Å². The van der Waals surface area contributed by atoms with E-state index in [0.717, 1.165) is 41.3 Å². The molecule has 0 saturated carbocycles. The molecule has 0 aliphatic rings. The molecule has 0 saturated heterocycles. The zero-order valence-corrected chi connectivity index (χ0v) is 18.9. The van der Waals surface area contributed by atoms with E-state index in [1.54, 1.807) is 23.0 Å². The molecule has 0 amide bonds. The molecule has 29 heavy (non-hydrogen) atoms. The highest BCUT2D eigenvalue weighted by Gasteiger charge is 2.07. The van der Waals surface area contributed by atoms with Crippen LogP contribution in [0.5, 0.6) is 0 Å². The van der Waals surface area contributed by atoms with Gasteiger partial charge in [-0.25, -0.2) is 14.4 Å². The molecule has 8 nitrogen and oxygen atoms in total. The lowest BCUT2D eigenvalue weighted by atomic mass is 10.1. The third-order valence-corrected chi connectivity index (χ3v) is 4.17. The summed E-state index contributed by atoms with van der Waals surface area (Å²) in [7, 11) is 1.85. The Hall–Kier alpha value is -2.50. The van der Waals surface area contributed by atoms with E-state index < -0.39 is 0 Å². The topological polar surface area (TPSA) is 92.1 Å². The van der Waals surface area contributed by atoms with Gasteiger partial charge in [0.15, 0.2) is 11.6 Å². The van der Waals surface area contributed by atoms with Crippen molar-refractivity contribution < 1.29 is 4.39 Å². The highest BCUT2D eigenvalue weighted by Crippen LogP contribution is 2.17. The Morgan fingerprint density at radius 1 is 1.14 bits per heavy atom. The average Bonchev–Trinajstić information content (AvgIpc) is 3.08. The molecule has 0 aliphatic carbocycles. The highest BCUT2D eigenvalue weighted by molar-refractivity contribution is 14.0. The molecule has 156 valence electrons. The Morgan fingerprint density at radius 3 is 2.69 bits per heavy atom. The summed E-state index contributed by atoms with van der Waals surface area (Å²) in [4.78, 5) is 13.1. The first-order chi connectivity index (χ1) is 13.7. The van der Waals surface area contributed by atoms with Crippen molar-refractivity contribution in [2.75, 3.05) is 31.5 Å². The van der Waals surface area contributed by atoms with Crippen LogP contribution in [0, 0.1) is 5.82 Å². The number of rotatable bonds is 8. The minimum absolute atomic E-state index is 0. The van der Waals surface area contributed by atoms with E-state index in [0.29, 0.717) is 19.6 Å². The van der Waals surface area contributed by atoms with Crippen molar-refractivity contribution in [3.8, 4) is 0 Å². The maximum absolute atomic E-state index is 13.0. The van der Waals surface area contributed by atoms with Gasteiger partial charge in [-0.2, -0.15) is 5.10 Å². The number of fused-ring (bicyclic) bond motifs is 1. The van der Waals surface area contributed by atoms with Crippen molar-refractivity contribution in [3.05, 3.63) is 48.2 Å². The number of anilines is 1. The minimum Gasteiger partial charge on any atom is -0.368 e. The second kappa shape index (κ2) is 11.5. The lowest BCUT2D eigenvalue weighted by molar-refractivity contribution is 0.627. The molecule has 0 aliphatic heterocycles. The molecular formula is C19H26FIN8. The van der Waals surface area contributed by atoms with E-state index in [2.05, 4.69) is 36.0 Å². The summed E-state index contributed by atoms with van der Waals surface area (Å²) in [5.41, 5.74) is 1.85. The van der Waals surface area contributed by atoms with Crippen LogP contribution in [0.3, 0.4) is 0 Å². The van der Waals surface area contributed by atoms with Gasteiger partial charge in [-0.15, -0.1) is 24.0 Å².